The Morgan fingerprint density at radius 1 is 1.06 bits per heavy atom. The lowest BCUT2D eigenvalue weighted by atomic mass is 9.98. The van der Waals surface area contributed by atoms with E-state index >= 15 is 0 Å². The van der Waals surface area contributed by atoms with Crippen molar-refractivity contribution in [2.45, 2.75) is 44.5 Å². The first-order valence-corrected chi connectivity index (χ1v) is 11.7. The Bertz CT molecular complexity index is 1220. The van der Waals surface area contributed by atoms with Gasteiger partial charge in [0.2, 0.25) is 0 Å². The van der Waals surface area contributed by atoms with Crippen molar-refractivity contribution in [3.8, 4) is 0 Å². The van der Waals surface area contributed by atoms with Crippen molar-refractivity contribution < 1.29 is 4.74 Å². The number of benzene rings is 2. The molecule has 2 aromatic heterocycles. The van der Waals surface area contributed by atoms with Crippen LogP contribution in [0.2, 0.25) is 0 Å². The van der Waals surface area contributed by atoms with Gasteiger partial charge in [-0.25, -0.2) is 9.78 Å². The molecule has 2 aromatic carbocycles. The molecule has 2 N–H and O–H groups in total. The average Bonchev–Trinajstić information content (AvgIpc) is 3.52. The number of hydrogen-bond donors (Lipinski definition) is 2. The first-order valence-electron chi connectivity index (χ1n) is 11.7. The Labute approximate surface area is 198 Å². The van der Waals surface area contributed by atoms with Crippen molar-refractivity contribution in [3.05, 3.63) is 119 Å². The van der Waals surface area contributed by atoms with Crippen LogP contribution in [0.3, 0.4) is 0 Å². The normalized spacial score (nSPS) is 15.4. The van der Waals surface area contributed by atoms with E-state index in [-0.39, 0.29) is 17.8 Å². The zero-order valence-electron chi connectivity index (χ0n) is 19.0. The number of anilines is 1. The maximum atomic E-state index is 13.1. The second kappa shape index (κ2) is 10.3. The fourth-order valence-electron chi connectivity index (χ4n) is 4.51. The number of imidazole rings is 2. The van der Waals surface area contributed by atoms with Crippen molar-refractivity contribution >= 4 is 5.82 Å². The van der Waals surface area contributed by atoms with Crippen LogP contribution in [-0.2, 0) is 17.8 Å². The number of nitrogens with one attached hydrogen (secondary N) is 2. The Balaban J connectivity index is 1.49. The van der Waals surface area contributed by atoms with Gasteiger partial charge in [-0.3, -0.25) is 9.55 Å². The van der Waals surface area contributed by atoms with Crippen LogP contribution in [-0.4, -0.2) is 19.1 Å². The van der Waals surface area contributed by atoms with Gasteiger partial charge in [0.05, 0.1) is 18.6 Å². The number of aromatic amines is 1. The van der Waals surface area contributed by atoms with Gasteiger partial charge in [0.15, 0.2) is 0 Å². The summed E-state index contributed by atoms with van der Waals surface area (Å²) in [5.41, 5.74) is 2.99. The number of ether oxygens (including phenoxy) is 1. The fourth-order valence-corrected chi connectivity index (χ4v) is 4.51. The van der Waals surface area contributed by atoms with Crippen LogP contribution in [0, 0.1) is 0 Å². The highest BCUT2D eigenvalue weighted by atomic mass is 16.5. The van der Waals surface area contributed by atoms with E-state index in [1.807, 2.05) is 57.8 Å². The smallest absolute Gasteiger partial charge is 0.327 e. The molecule has 1 unspecified atom stereocenters. The molecular formula is C27H29N5O2. The summed E-state index contributed by atoms with van der Waals surface area (Å²) in [6.45, 7) is 1.39. The molecule has 1 atom stereocenters. The minimum absolute atomic E-state index is 0.113. The van der Waals surface area contributed by atoms with E-state index in [1.165, 1.54) is 0 Å². The summed E-state index contributed by atoms with van der Waals surface area (Å²) in [7, 11) is 0. The molecule has 4 aromatic rings. The highest BCUT2D eigenvalue weighted by Crippen LogP contribution is 2.34. The Morgan fingerprint density at radius 3 is 2.41 bits per heavy atom. The molecule has 0 saturated carbocycles. The zero-order valence-corrected chi connectivity index (χ0v) is 19.0. The van der Waals surface area contributed by atoms with Crippen LogP contribution in [0.1, 0.15) is 48.2 Å². The molecule has 5 rings (SSSR count). The summed E-state index contributed by atoms with van der Waals surface area (Å²) in [4.78, 5) is 20.3. The van der Waals surface area contributed by atoms with Gasteiger partial charge in [-0.2, -0.15) is 0 Å². The molecule has 0 saturated heterocycles. The van der Waals surface area contributed by atoms with Crippen LogP contribution in [0.15, 0.2) is 96.5 Å². The number of aryl methyl sites for hydroxylation is 1. The number of rotatable bonds is 9. The molecule has 7 heteroatoms. The van der Waals surface area contributed by atoms with Crippen LogP contribution in [0.4, 0.5) is 5.82 Å². The number of allylic oxidation sites excluding steroid dienone is 1. The molecule has 3 heterocycles. The van der Waals surface area contributed by atoms with Crippen LogP contribution in [0.5, 0.6) is 0 Å². The second-order valence-corrected chi connectivity index (χ2v) is 8.47. The Morgan fingerprint density at radius 2 is 1.79 bits per heavy atom. The van der Waals surface area contributed by atoms with Gasteiger partial charge in [-0.1, -0.05) is 60.7 Å². The van der Waals surface area contributed by atoms with Crippen LogP contribution in [0.25, 0.3) is 0 Å². The van der Waals surface area contributed by atoms with Crippen molar-refractivity contribution in [3.63, 3.8) is 0 Å². The molecule has 34 heavy (non-hydrogen) atoms. The number of aromatic nitrogens is 4. The number of nitrogens with zero attached hydrogens (tertiary/aromatic N) is 3. The van der Waals surface area contributed by atoms with E-state index in [9.17, 15) is 4.79 Å². The van der Waals surface area contributed by atoms with Crippen LogP contribution < -0.4 is 11.0 Å². The van der Waals surface area contributed by atoms with Gasteiger partial charge in [0.25, 0.3) is 0 Å². The molecule has 0 fully saturated rings. The molecule has 7 nitrogen and oxygen atoms in total. The molecule has 1 aliphatic heterocycles. The molecule has 0 amide bonds. The lowest BCUT2D eigenvalue weighted by Gasteiger charge is -2.25. The van der Waals surface area contributed by atoms with Crippen molar-refractivity contribution in [1.82, 2.24) is 19.1 Å². The third-order valence-electron chi connectivity index (χ3n) is 6.18. The second-order valence-electron chi connectivity index (χ2n) is 8.47. The highest BCUT2D eigenvalue weighted by Gasteiger charge is 2.27. The molecule has 0 spiro atoms. The van der Waals surface area contributed by atoms with Crippen molar-refractivity contribution in [2.75, 3.05) is 5.32 Å². The van der Waals surface area contributed by atoms with Gasteiger partial charge in [-0.05, 0) is 36.5 Å². The first-order chi connectivity index (χ1) is 16.8. The molecule has 0 bridgehead atoms. The zero-order chi connectivity index (χ0) is 23.2. The van der Waals surface area contributed by atoms with Gasteiger partial charge >= 0.3 is 5.69 Å². The quantitative estimate of drug-likeness (QED) is 0.371. The van der Waals surface area contributed by atoms with Crippen molar-refractivity contribution in [1.29, 1.82) is 0 Å². The SMILES string of the molecule is O=c1[nH]c(NC(c2ccccc2)c2ccccc2)c(C2CCC=CO2)n1CCCn1ccnc1. The topological polar surface area (TPSA) is 76.9 Å². The average molecular weight is 456 g/mol. The molecule has 0 aliphatic carbocycles. The summed E-state index contributed by atoms with van der Waals surface area (Å²) in [6, 6.07) is 20.5. The summed E-state index contributed by atoms with van der Waals surface area (Å²) < 4.78 is 9.84. The lowest BCUT2D eigenvalue weighted by Crippen LogP contribution is -2.22. The Kier molecular flexibility index (Phi) is 6.61. The minimum Gasteiger partial charge on any atom is -0.492 e. The van der Waals surface area contributed by atoms with Gasteiger partial charge in [0.1, 0.15) is 17.6 Å². The maximum absolute atomic E-state index is 13.1. The minimum atomic E-state index is -0.188. The van der Waals surface area contributed by atoms with E-state index in [0.29, 0.717) is 12.4 Å². The monoisotopic (exact) mass is 455 g/mol. The van der Waals surface area contributed by atoms with Gasteiger partial charge < -0.3 is 14.6 Å². The number of hydrogen-bond acceptors (Lipinski definition) is 4. The summed E-state index contributed by atoms with van der Waals surface area (Å²) in [5, 5.41) is 3.65. The fraction of sp³-hybridized carbons (Fsp3) is 0.259. The first kappa shape index (κ1) is 21.8. The predicted octanol–water partition coefficient (Wildman–Crippen LogP) is 5.03. The summed E-state index contributed by atoms with van der Waals surface area (Å²) >= 11 is 0. The van der Waals surface area contributed by atoms with Gasteiger partial charge in [-0.15, -0.1) is 0 Å². The predicted molar refractivity (Wildman–Crippen MR) is 132 cm³/mol. The third-order valence-corrected chi connectivity index (χ3v) is 6.18. The van der Waals surface area contributed by atoms with E-state index in [4.69, 9.17) is 4.74 Å². The summed E-state index contributed by atoms with van der Waals surface area (Å²) in [6.07, 6.45) is 11.6. The lowest BCUT2D eigenvalue weighted by molar-refractivity contribution is 0.117. The molecular weight excluding hydrogens is 426 g/mol. The Hall–Kier alpha value is -4.00. The standard InChI is InChI=1S/C27H29N5O2/c33-27-30-26(29-24(21-10-3-1-4-11-21)22-12-5-2-6-13-22)25(23-14-7-8-19-34-23)32(27)17-9-16-31-18-15-28-20-31/h1-6,8,10-13,15,18-20,23-24,29H,7,9,14,16-17H2,(H,30,33). The maximum Gasteiger partial charge on any atom is 0.327 e. The molecule has 1 aliphatic rings. The van der Waals surface area contributed by atoms with E-state index in [2.05, 4.69) is 39.6 Å². The molecule has 174 valence electrons. The summed E-state index contributed by atoms with van der Waals surface area (Å²) in [5.74, 6) is 0.714. The van der Waals surface area contributed by atoms with Crippen molar-refractivity contribution in [2.24, 2.45) is 0 Å². The van der Waals surface area contributed by atoms with E-state index in [1.54, 1.807) is 18.8 Å². The van der Waals surface area contributed by atoms with E-state index < -0.39 is 0 Å². The van der Waals surface area contributed by atoms with E-state index in [0.717, 1.165) is 42.6 Å². The highest BCUT2D eigenvalue weighted by molar-refractivity contribution is 5.49. The van der Waals surface area contributed by atoms with Gasteiger partial charge in [0, 0.05) is 25.5 Å². The molecule has 0 radical (unpaired) electrons. The number of H-pyrrole nitrogens is 1. The third kappa shape index (κ3) is 4.83. The van der Waals surface area contributed by atoms with Crippen LogP contribution >= 0.6 is 0 Å². The largest absolute Gasteiger partial charge is 0.492 e.